The molecule has 8 nitrogen and oxygen atoms in total. The molecule has 1 fully saturated rings. The molecule has 0 radical (unpaired) electrons. The van der Waals surface area contributed by atoms with Crippen molar-refractivity contribution >= 4 is 21.8 Å². The molecule has 1 aromatic rings. The number of hydrogen-bond donors (Lipinski definition) is 3. The number of carbonyl (C=O) groups is 2. The Morgan fingerprint density at radius 2 is 1.93 bits per heavy atom. The Kier molecular flexibility index (Phi) is 8.21. The molecule has 2 amide bonds. The molecule has 3 N–H and O–H groups in total. The number of nitrogens with one attached hydrogen (secondary N) is 3. The van der Waals surface area contributed by atoms with Crippen LogP contribution in [0.25, 0.3) is 0 Å². The van der Waals surface area contributed by atoms with Crippen LogP contribution < -0.4 is 15.4 Å². The van der Waals surface area contributed by atoms with Gasteiger partial charge in [0, 0.05) is 38.2 Å². The minimum atomic E-state index is -3.71. The molecule has 0 spiro atoms. The van der Waals surface area contributed by atoms with Crippen molar-refractivity contribution in [2.45, 2.75) is 43.0 Å². The summed E-state index contributed by atoms with van der Waals surface area (Å²) in [5, 5.41) is 5.61. The summed E-state index contributed by atoms with van der Waals surface area (Å²) in [7, 11) is -2.23. The predicted octanol–water partition coefficient (Wildman–Crippen LogP) is 0.790. The first-order chi connectivity index (χ1) is 12.9. The first-order valence-electron chi connectivity index (χ1n) is 9.08. The lowest BCUT2D eigenvalue weighted by molar-refractivity contribution is -0.121. The zero-order chi connectivity index (χ0) is 19.7. The van der Waals surface area contributed by atoms with Crippen LogP contribution >= 0.6 is 0 Å². The summed E-state index contributed by atoms with van der Waals surface area (Å²) in [4.78, 5) is 24.1. The smallest absolute Gasteiger partial charge is 0.251 e. The number of amides is 2. The summed E-state index contributed by atoms with van der Waals surface area (Å²) in [5.41, 5.74) is 0.223. The Labute approximate surface area is 160 Å². The van der Waals surface area contributed by atoms with E-state index in [-0.39, 0.29) is 48.5 Å². The number of hydrogen-bond acceptors (Lipinski definition) is 5. The Hall–Kier alpha value is -1.97. The molecule has 1 aliphatic rings. The Bertz CT molecular complexity index is 745. The highest BCUT2D eigenvalue weighted by Crippen LogP contribution is 2.17. The number of ether oxygens (including phenoxy) is 1. The van der Waals surface area contributed by atoms with Gasteiger partial charge in [0.2, 0.25) is 15.9 Å². The van der Waals surface area contributed by atoms with E-state index in [2.05, 4.69) is 15.4 Å². The van der Waals surface area contributed by atoms with Crippen molar-refractivity contribution in [2.24, 2.45) is 0 Å². The second-order valence-electron chi connectivity index (χ2n) is 6.47. The number of carbonyl (C=O) groups excluding carboxylic acids is 2. The maximum atomic E-state index is 12.2. The molecule has 0 aliphatic heterocycles. The molecule has 2 rings (SSSR count). The van der Waals surface area contributed by atoms with Gasteiger partial charge in [-0.15, -0.1) is 0 Å². The fourth-order valence-electron chi connectivity index (χ4n) is 2.93. The van der Waals surface area contributed by atoms with Crippen LogP contribution in [0, 0.1) is 0 Å². The molecular weight excluding hydrogens is 370 g/mol. The van der Waals surface area contributed by atoms with Gasteiger partial charge in [-0.3, -0.25) is 9.59 Å². The van der Waals surface area contributed by atoms with E-state index in [1.54, 1.807) is 0 Å². The molecule has 1 aromatic carbocycles. The third kappa shape index (κ3) is 6.93. The van der Waals surface area contributed by atoms with Crippen LogP contribution in [0.5, 0.6) is 0 Å². The summed E-state index contributed by atoms with van der Waals surface area (Å²) in [6, 6.07) is 6.01. The molecule has 0 unspecified atom stereocenters. The van der Waals surface area contributed by atoms with Gasteiger partial charge in [0.1, 0.15) is 0 Å². The van der Waals surface area contributed by atoms with Gasteiger partial charge in [-0.25, -0.2) is 13.1 Å². The highest BCUT2D eigenvalue weighted by atomic mass is 32.2. The third-order valence-electron chi connectivity index (χ3n) is 4.36. The third-order valence-corrected chi connectivity index (χ3v) is 5.82. The van der Waals surface area contributed by atoms with Crippen LogP contribution in [0.4, 0.5) is 0 Å². The van der Waals surface area contributed by atoms with Crippen molar-refractivity contribution in [3.63, 3.8) is 0 Å². The van der Waals surface area contributed by atoms with E-state index < -0.39 is 15.9 Å². The largest absolute Gasteiger partial charge is 0.383 e. The van der Waals surface area contributed by atoms with E-state index in [1.165, 1.54) is 31.4 Å². The van der Waals surface area contributed by atoms with Crippen LogP contribution in [-0.4, -0.2) is 53.1 Å². The summed E-state index contributed by atoms with van der Waals surface area (Å²) in [6.45, 7) is 0.591. The van der Waals surface area contributed by atoms with Gasteiger partial charge < -0.3 is 15.4 Å². The maximum Gasteiger partial charge on any atom is 0.251 e. The number of benzene rings is 1. The minimum Gasteiger partial charge on any atom is -0.383 e. The van der Waals surface area contributed by atoms with Gasteiger partial charge in [0.05, 0.1) is 11.5 Å². The molecule has 0 bridgehead atoms. The lowest BCUT2D eigenvalue weighted by Crippen LogP contribution is -2.35. The highest BCUT2D eigenvalue weighted by molar-refractivity contribution is 7.89. The normalized spacial score (nSPS) is 14.9. The van der Waals surface area contributed by atoms with Crippen molar-refractivity contribution in [1.29, 1.82) is 0 Å². The second kappa shape index (κ2) is 10.4. The predicted molar refractivity (Wildman–Crippen MR) is 101 cm³/mol. The van der Waals surface area contributed by atoms with Gasteiger partial charge in [-0.05, 0) is 31.0 Å². The molecule has 1 aliphatic carbocycles. The molecule has 9 heteroatoms. The Balaban J connectivity index is 1.84. The maximum absolute atomic E-state index is 12.2. The number of rotatable bonds is 10. The van der Waals surface area contributed by atoms with Crippen LogP contribution in [0.3, 0.4) is 0 Å². The quantitative estimate of drug-likeness (QED) is 0.505. The van der Waals surface area contributed by atoms with Crippen molar-refractivity contribution < 1.29 is 22.7 Å². The SMILES string of the molecule is COCCNS(=O)(=O)c1cccc(C(=O)NCCC(=O)NC2CCCC2)c1. The van der Waals surface area contributed by atoms with Crippen molar-refractivity contribution in [2.75, 3.05) is 26.8 Å². The van der Waals surface area contributed by atoms with Gasteiger partial charge in [-0.2, -0.15) is 0 Å². The summed E-state index contributed by atoms with van der Waals surface area (Å²) < 4.78 is 31.6. The van der Waals surface area contributed by atoms with Gasteiger partial charge in [0.25, 0.3) is 5.91 Å². The van der Waals surface area contributed by atoms with E-state index in [4.69, 9.17) is 4.74 Å². The Morgan fingerprint density at radius 1 is 1.19 bits per heavy atom. The van der Waals surface area contributed by atoms with Crippen molar-refractivity contribution in [3.05, 3.63) is 29.8 Å². The average molecular weight is 397 g/mol. The lowest BCUT2D eigenvalue weighted by Gasteiger charge is -2.12. The van der Waals surface area contributed by atoms with E-state index in [1.807, 2.05) is 0 Å². The highest BCUT2D eigenvalue weighted by Gasteiger charge is 2.18. The van der Waals surface area contributed by atoms with Gasteiger partial charge in [0.15, 0.2) is 0 Å². The zero-order valence-electron chi connectivity index (χ0n) is 15.5. The standard InChI is InChI=1S/C18H27N3O5S/c1-26-12-11-20-27(24,25)16-8-4-5-14(13-16)18(23)19-10-9-17(22)21-15-6-2-3-7-15/h4-5,8,13,15,20H,2-3,6-7,9-12H2,1H3,(H,19,23)(H,21,22). The topological polar surface area (TPSA) is 114 Å². The summed E-state index contributed by atoms with van der Waals surface area (Å²) >= 11 is 0. The minimum absolute atomic E-state index is 0.00484. The molecule has 27 heavy (non-hydrogen) atoms. The molecule has 1 saturated carbocycles. The molecule has 0 atom stereocenters. The van der Waals surface area contributed by atoms with Crippen LogP contribution in [-0.2, 0) is 19.6 Å². The van der Waals surface area contributed by atoms with E-state index in [0.29, 0.717) is 0 Å². The molecule has 0 aromatic heterocycles. The van der Waals surface area contributed by atoms with E-state index in [9.17, 15) is 18.0 Å². The lowest BCUT2D eigenvalue weighted by atomic mass is 10.2. The summed E-state index contributed by atoms with van der Waals surface area (Å²) in [5.74, 6) is -0.501. The van der Waals surface area contributed by atoms with Crippen molar-refractivity contribution in [3.8, 4) is 0 Å². The van der Waals surface area contributed by atoms with Gasteiger partial charge in [-0.1, -0.05) is 18.9 Å². The van der Waals surface area contributed by atoms with Crippen LogP contribution in [0.2, 0.25) is 0 Å². The molecular formula is C18H27N3O5S. The summed E-state index contributed by atoms with van der Waals surface area (Å²) in [6.07, 6.45) is 4.50. The van der Waals surface area contributed by atoms with Crippen LogP contribution in [0.15, 0.2) is 29.2 Å². The van der Waals surface area contributed by atoms with Crippen molar-refractivity contribution in [1.82, 2.24) is 15.4 Å². The zero-order valence-corrected chi connectivity index (χ0v) is 16.3. The fraction of sp³-hybridized carbons (Fsp3) is 0.556. The molecule has 0 heterocycles. The van der Waals surface area contributed by atoms with E-state index >= 15 is 0 Å². The number of sulfonamides is 1. The number of methoxy groups -OCH3 is 1. The second-order valence-corrected chi connectivity index (χ2v) is 8.24. The monoisotopic (exact) mass is 397 g/mol. The molecule has 0 saturated heterocycles. The van der Waals surface area contributed by atoms with Crippen LogP contribution in [0.1, 0.15) is 42.5 Å². The first-order valence-corrected chi connectivity index (χ1v) is 10.6. The molecule has 150 valence electrons. The van der Waals surface area contributed by atoms with Gasteiger partial charge >= 0.3 is 0 Å². The van der Waals surface area contributed by atoms with E-state index in [0.717, 1.165) is 25.7 Å². The fourth-order valence-corrected chi connectivity index (χ4v) is 3.99. The average Bonchev–Trinajstić information content (AvgIpc) is 3.14. The first kappa shape index (κ1) is 21.3. The Morgan fingerprint density at radius 3 is 2.63 bits per heavy atom.